The summed E-state index contributed by atoms with van der Waals surface area (Å²) in [7, 11) is 1.51. The van der Waals surface area contributed by atoms with Gasteiger partial charge in [-0.3, -0.25) is 5.32 Å². The van der Waals surface area contributed by atoms with E-state index >= 15 is 0 Å². The SMILES string of the molecule is COc1ncccc1CNC(=O)Nc1nnc(-c2ccco2)o1. The molecule has 3 rings (SSSR count). The van der Waals surface area contributed by atoms with E-state index in [4.69, 9.17) is 13.6 Å². The summed E-state index contributed by atoms with van der Waals surface area (Å²) in [6.07, 6.45) is 3.09. The zero-order valence-electron chi connectivity index (χ0n) is 12.1. The van der Waals surface area contributed by atoms with Crippen LogP contribution in [0.25, 0.3) is 11.7 Å². The van der Waals surface area contributed by atoms with Crippen molar-refractivity contribution in [2.24, 2.45) is 0 Å². The summed E-state index contributed by atoms with van der Waals surface area (Å²) in [6, 6.07) is 6.39. The van der Waals surface area contributed by atoms with Gasteiger partial charge in [0.2, 0.25) is 5.88 Å². The quantitative estimate of drug-likeness (QED) is 0.740. The third-order valence-electron chi connectivity index (χ3n) is 2.86. The van der Waals surface area contributed by atoms with Crippen LogP contribution in [-0.2, 0) is 6.54 Å². The van der Waals surface area contributed by atoms with Crippen molar-refractivity contribution in [3.8, 4) is 17.5 Å². The number of ether oxygens (including phenoxy) is 1. The number of methoxy groups -OCH3 is 1. The van der Waals surface area contributed by atoms with E-state index in [9.17, 15) is 4.79 Å². The Labute approximate surface area is 130 Å². The lowest BCUT2D eigenvalue weighted by molar-refractivity contribution is 0.251. The molecule has 9 nitrogen and oxygen atoms in total. The van der Waals surface area contributed by atoms with Crippen LogP contribution in [0.2, 0.25) is 0 Å². The molecule has 2 N–H and O–H groups in total. The first-order valence-electron chi connectivity index (χ1n) is 6.66. The predicted octanol–water partition coefficient (Wildman–Crippen LogP) is 2.05. The van der Waals surface area contributed by atoms with Crippen LogP contribution in [0.5, 0.6) is 5.88 Å². The molecule has 0 saturated heterocycles. The fourth-order valence-electron chi connectivity index (χ4n) is 1.83. The fourth-order valence-corrected chi connectivity index (χ4v) is 1.83. The zero-order valence-corrected chi connectivity index (χ0v) is 12.1. The average Bonchev–Trinajstić information content (AvgIpc) is 3.24. The van der Waals surface area contributed by atoms with Crippen LogP contribution in [0.1, 0.15) is 5.56 Å². The first-order chi connectivity index (χ1) is 11.3. The van der Waals surface area contributed by atoms with Crippen molar-refractivity contribution in [3.63, 3.8) is 0 Å². The second kappa shape index (κ2) is 6.60. The van der Waals surface area contributed by atoms with Crippen LogP contribution in [0, 0.1) is 0 Å². The van der Waals surface area contributed by atoms with Gasteiger partial charge in [-0.25, -0.2) is 9.78 Å². The van der Waals surface area contributed by atoms with Gasteiger partial charge < -0.3 is 18.9 Å². The molecule has 0 saturated carbocycles. The highest BCUT2D eigenvalue weighted by Gasteiger charge is 2.13. The molecule has 3 aromatic heterocycles. The number of pyridine rings is 1. The van der Waals surface area contributed by atoms with Crippen LogP contribution >= 0.6 is 0 Å². The van der Waals surface area contributed by atoms with Gasteiger partial charge in [-0.2, -0.15) is 0 Å². The van der Waals surface area contributed by atoms with Gasteiger partial charge in [0.05, 0.1) is 13.4 Å². The average molecular weight is 315 g/mol. The molecule has 0 fully saturated rings. The highest BCUT2D eigenvalue weighted by molar-refractivity contribution is 5.86. The minimum absolute atomic E-state index is 0.0351. The zero-order chi connectivity index (χ0) is 16.1. The molecular weight excluding hydrogens is 302 g/mol. The standard InChI is InChI=1S/C14H13N5O4/c1-21-11-9(4-2-6-15-11)8-16-13(20)17-14-19-18-12(23-14)10-5-3-7-22-10/h2-7H,8H2,1H3,(H2,16,17,19,20). The molecule has 0 bridgehead atoms. The van der Waals surface area contributed by atoms with Gasteiger partial charge in [0.25, 0.3) is 5.89 Å². The van der Waals surface area contributed by atoms with E-state index < -0.39 is 6.03 Å². The van der Waals surface area contributed by atoms with Crippen molar-refractivity contribution in [1.82, 2.24) is 20.5 Å². The third kappa shape index (κ3) is 3.46. The predicted molar refractivity (Wildman–Crippen MR) is 78.6 cm³/mol. The number of aromatic nitrogens is 3. The molecule has 2 amide bonds. The highest BCUT2D eigenvalue weighted by Crippen LogP contribution is 2.19. The van der Waals surface area contributed by atoms with E-state index in [2.05, 4.69) is 25.8 Å². The van der Waals surface area contributed by atoms with Gasteiger partial charge in [-0.15, -0.1) is 5.10 Å². The van der Waals surface area contributed by atoms with E-state index in [1.165, 1.54) is 13.4 Å². The summed E-state index contributed by atoms with van der Waals surface area (Å²) in [6.45, 7) is 0.238. The second-order valence-electron chi connectivity index (χ2n) is 4.37. The van der Waals surface area contributed by atoms with E-state index in [1.54, 1.807) is 30.5 Å². The van der Waals surface area contributed by atoms with Gasteiger partial charge in [0.1, 0.15) is 0 Å². The number of hydrogen-bond acceptors (Lipinski definition) is 7. The van der Waals surface area contributed by atoms with Crippen LogP contribution in [-0.4, -0.2) is 28.3 Å². The molecule has 0 aromatic carbocycles. The summed E-state index contributed by atoms with van der Waals surface area (Å²) in [5, 5.41) is 12.6. The molecule has 3 heterocycles. The Morgan fingerprint density at radius 1 is 1.30 bits per heavy atom. The Hall–Kier alpha value is -3.36. The lowest BCUT2D eigenvalue weighted by atomic mass is 10.3. The molecule has 23 heavy (non-hydrogen) atoms. The Bertz CT molecular complexity index is 784. The minimum Gasteiger partial charge on any atom is -0.481 e. The number of hydrogen-bond donors (Lipinski definition) is 2. The maximum Gasteiger partial charge on any atom is 0.324 e. The van der Waals surface area contributed by atoms with Crippen molar-refractivity contribution >= 4 is 12.0 Å². The Morgan fingerprint density at radius 3 is 3.00 bits per heavy atom. The van der Waals surface area contributed by atoms with Crippen molar-refractivity contribution in [1.29, 1.82) is 0 Å². The lowest BCUT2D eigenvalue weighted by Gasteiger charge is -2.08. The van der Waals surface area contributed by atoms with Crippen molar-refractivity contribution < 1.29 is 18.4 Å². The molecule has 0 aliphatic rings. The van der Waals surface area contributed by atoms with E-state index in [-0.39, 0.29) is 18.5 Å². The van der Waals surface area contributed by atoms with E-state index in [1.807, 2.05) is 0 Å². The molecule has 0 aliphatic heterocycles. The number of furan rings is 1. The Kier molecular flexibility index (Phi) is 4.18. The number of carbonyl (C=O) groups excluding carboxylic acids is 1. The molecule has 0 atom stereocenters. The summed E-state index contributed by atoms with van der Waals surface area (Å²) >= 11 is 0. The fraction of sp³-hybridized carbons (Fsp3) is 0.143. The number of nitrogens with one attached hydrogen (secondary N) is 2. The Morgan fingerprint density at radius 2 is 2.22 bits per heavy atom. The summed E-state index contributed by atoms with van der Waals surface area (Å²) < 4.78 is 15.5. The van der Waals surface area contributed by atoms with Gasteiger partial charge in [0.15, 0.2) is 5.76 Å². The van der Waals surface area contributed by atoms with Crippen LogP contribution in [0.15, 0.2) is 45.6 Å². The second-order valence-corrected chi connectivity index (χ2v) is 4.37. The Balaban J connectivity index is 1.57. The number of anilines is 1. The topological polar surface area (TPSA) is 115 Å². The number of rotatable bonds is 5. The highest BCUT2D eigenvalue weighted by atomic mass is 16.5. The molecule has 0 aliphatic carbocycles. The number of amides is 2. The maximum atomic E-state index is 11.8. The van der Waals surface area contributed by atoms with Crippen LogP contribution < -0.4 is 15.4 Å². The van der Waals surface area contributed by atoms with Crippen molar-refractivity contribution in [3.05, 3.63) is 42.3 Å². The van der Waals surface area contributed by atoms with E-state index in [0.29, 0.717) is 11.6 Å². The summed E-state index contributed by atoms with van der Waals surface area (Å²) in [4.78, 5) is 15.9. The molecule has 3 aromatic rings. The first-order valence-corrected chi connectivity index (χ1v) is 6.66. The third-order valence-corrected chi connectivity index (χ3v) is 2.86. The molecule has 0 spiro atoms. The van der Waals surface area contributed by atoms with Gasteiger partial charge >= 0.3 is 12.0 Å². The smallest absolute Gasteiger partial charge is 0.324 e. The molecule has 0 unspecified atom stereocenters. The van der Waals surface area contributed by atoms with Gasteiger partial charge in [-0.1, -0.05) is 11.2 Å². The molecule has 9 heteroatoms. The van der Waals surface area contributed by atoms with Gasteiger partial charge in [-0.05, 0) is 18.2 Å². The van der Waals surface area contributed by atoms with Crippen LogP contribution in [0.4, 0.5) is 10.8 Å². The van der Waals surface area contributed by atoms with Gasteiger partial charge in [0, 0.05) is 18.3 Å². The number of urea groups is 1. The number of nitrogens with zero attached hydrogens (tertiary/aromatic N) is 3. The first kappa shape index (κ1) is 14.6. The molecule has 118 valence electrons. The monoisotopic (exact) mass is 315 g/mol. The molecular formula is C14H13N5O4. The van der Waals surface area contributed by atoms with Crippen molar-refractivity contribution in [2.75, 3.05) is 12.4 Å². The molecule has 0 radical (unpaired) electrons. The normalized spacial score (nSPS) is 10.3. The summed E-state index contributed by atoms with van der Waals surface area (Å²) in [5.41, 5.74) is 0.743. The van der Waals surface area contributed by atoms with Crippen molar-refractivity contribution in [2.45, 2.75) is 6.54 Å². The lowest BCUT2D eigenvalue weighted by Crippen LogP contribution is -2.28. The number of carbonyl (C=O) groups is 1. The summed E-state index contributed by atoms with van der Waals surface area (Å²) in [5.74, 6) is 1.05. The van der Waals surface area contributed by atoms with Crippen LogP contribution in [0.3, 0.4) is 0 Å². The van der Waals surface area contributed by atoms with E-state index in [0.717, 1.165) is 5.56 Å². The minimum atomic E-state index is -0.495. The largest absolute Gasteiger partial charge is 0.481 e. The maximum absolute atomic E-state index is 11.8.